The Kier molecular flexibility index (Phi) is 3170. The maximum absolute atomic E-state index is 8.74. The van der Waals surface area contributed by atoms with Crippen LogP contribution < -0.4 is 0 Å². The second-order valence-electron chi connectivity index (χ2n) is 0.283. The second-order valence-corrected chi connectivity index (χ2v) is 0.848. The molecule has 0 aromatic rings. The van der Waals surface area contributed by atoms with E-state index in [1.807, 2.05) is 0 Å². The van der Waals surface area contributed by atoms with Crippen molar-refractivity contribution < 1.29 is 63.3 Å². The van der Waals surface area contributed by atoms with Gasteiger partial charge >= 0.3 is 38.7 Å². The average molecular weight is 264 g/mol. The van der Waals surface area contributed by atoms with Crippen LogP contribution in [-0.4, -0.2) is 97.6 Å². The summed E-state index contributed by atoms with van der Waals surface area (Å²) in [7, 11) is -3.13. The van der Waals surface area contributed by atoms with Gasteiger partial charge in [-0.25, -0.2) is 0 Å². The summed E-state index contributed by atoms with van der Waals surface area (Å²) in [5, 5.41) is 0. The van der Waals surface area contributed by atoms with Crippen LogP contribution in [0.2, 0.25) is 0 Å². The van der Waals surface area contributed by atoms with Gasteiger partial charge in [0.15, 0.2) is 0 Å². The average Bonchev–Trinajstić information content (AvgIpc) is 0.811. The molecule has 0 atom stereocenters. The molecular weight excluding hydrogens is 243 g/mol. The zero-order valence-electron chi connectivity index (χ0n) is 6.30. The van der Waals surface area contributed by atoms with E-state index in [4.69, 9.17) is 14.1 Å². The summed E-state index contributed by atoms with van der Waals surface area (Å²) in [5.41, 5.74) is 0. The molecule has 20 N–H and O–H groups in total. The Morgan fingerprint density at radius 1 is 0.571 bits per heavy atom. The van der Waals surface area contributed by atoms with Crippen LogP contribution in [-0.2, 0) is 4.46 Å². The Bertz CT molecular complexity index is 33.3. The molecule has 12 nitrogen and oxygen atoms in total. The van der Waals surface area contributed by atoms with Gasteiger partial charge < -0.3 is 58.9 Å². The van der Waals surface area contributed by atoms with E-state index in [9.17, 15) is 0 Å². The van der Waals surface area contributed by atoms with Crippen molar-refractivity contribution in [2.75, 3.05) is 0 Å². The van der Waals surface area contributed by atoms with Crippen molar-refractivity contribution >= 4 is 38.7 Å². The van der Waals surface area contributed by atoms with E-state index in [0.717, 1.165) is 0 Å². The summed E-state index contributed by atoms with van der Waals surface area (Å²) >= 11 is 0. The first-order valence-corrected chi connectivity index (χ1v) is 1.95. The SMILES string of the molecule is O.O.O.O.O.O.O.O.O.O=[Si](O)O.[NaH]. The second kappa shape index (κ2) is 188. The first-order chi connectivity index (χ1) is 1.73. The molecule has 0 bridgehead atoms. The number of hydrogen-bond acceptors (Lipinski definition) is 1. The molecule has 14 heavy (non-hydrogen) atoms. The molecule has 0 spiro atoms. The van der Waals surface area contributed by atoms with Gasteiger partial charge in [-0.15, -0.1) is 0 Å². The van der Waals surface area contributed by atoms with Crippen molar-refractivity contribution in [2.45, 2.75) is 0 Å². The Morgan fingerprint density at radius 2 is 0.571 bits per heavy atom. The summed E-state index contributed by atoms with van der Waals surface area (Å²) < 4.78 is 8.74. The van der Waals surface area contributed by atoms with Crippen molar-refractivity contribution in [3.8, 4) is 0 Å². The summed E-state index contributed by atoms with van der Waals surface area (Å²) in [6, 6.07) is 0. The van der Waals surface area contributed by atoms with Gasteiger partial charge in [0.25, 0.3) is 0 Å². The molecule has 0 fully saturated rings. The Hall–Kier alpha value is 0.257. The third-order valence-electron chi connectivity index (χ3n) is 0. The molecule has 14 heteroatoms. The van der Waals surface area contributed by atoms with E-state index in [0.29, 0.717) is 0 Å². The summed E-state index contributed by atoms with van der Waals surface area (Å²) in [6.45, 7) is 0. The van der Waals surface area contributed by atoms with Gasteiger partial charge in [-0.2, -0.15) is 0 Å². The van der Waals surface area contributed by atoms with E-state index in [-0.39, 0.29) is 78.8 Å². The van der Waals surface area contributed by atoms with Crippen molar-refractivity contribution in [2.24, 2.45) is 0 Å². The van der Waals surface area contributed by atoms with Gasteiger partial charge in [-0.05, 0) is 0 Å². The van der Waals surface area contributed by atoms with Gasteiger partial charge in [0, 0.05) is 0 Å². The van der Waals surface area contributed by atoms with Crippen LogP contribution in [0.5, 0.6) is 0 Å². The van der Waals surface area contributed by atoms with Crippen molar-refractivity contribution in [1.82, 2.24) is 0 Å². The molecule has 0 saturated heterocycles. The van der Waals surface area contributed by atoms with Crippen LogP contribution in [0.1, 0.15) is 0 Å². The molecule has 0 aromatic heterocycles. The molecule has 0 radical (unpaired) electrons. The molecule has 0 unspecified atom stereocenters. The van der Waals surface area contributed by atoms with E-state index < -0.39 is 9.17 Å². The predicted molar refractivity (Wildman–Crippen MR) is 50.6 cm³/mol. The van der Waals surface area contributed by atoms with Crippen molar-refractivity contribution in [3.05, 3.63) is 0 Å². The van der Waals surface area contributed by atoms with Crippen LogP contribution in [0.25, 0.3) is 0 Å². The first-order valence-electron chi connectivity index (χ1n) is 0.651. The minimum absolute atomic E-state index is 0. The standard InChI is InChI=1S/Na.H2O3Si.9H2O.H/c;1-4(2)3;;;;;;;;;;/h;1-2H;9*1H2;. The van der Waals surface area contributed by atoms with Gasteiger partial charge in [-0.1, -0.05) is 0 Å². The fourth-order valence-electron chi connectivity index (χ4n) is 0. The fourth-order valence-corrected chi connectivity index (χ4v) is 0. The summed E-state index contributed by atoms with van der Waals surface area (Å²) in [5.74, 6) is 0. The third kappa shape index (κ3) is 23500. The first kappa shape index (κ1) is 236. The predicted octanol–water partition coefficient (Wildman–Crippen LogP) is -9.68. The van der Waals surface area contributed by atoms with Crippen LogP contribution in [0.4, 0.5) is 0 Å². The normalized spacial score (nSPS) is 1.71. The fraction of sp³-hybridized carbons (Fsp3) is 0. The molecule has 0 aromatic carbocycles. The van der Waals surface area contributed by atoms with Crippen LogP contribution in [0, 0.1) is 0 Å². The van der Waals surface area contributed by atoms with E-state index in [1.54, 1.807) is 0 Å². The maximum atomic E-state index is 8.74. The molecule has 0 rings (SSSR count). The van der Waals surface area contributed by atoms with E-state index in [2.05, 4.69) is 0 Å². The molecule has 0 saturated carbocycles. The monoisotopic (exact) mass is 264 g/mol. The Morgan fingerprint density at radius 3 is 0.571 bits per heavy atom. The van der Waals surface area contributed by atoms with Crippen LogP contribution in [0.15, 0.2) is 0 Å². The Labute approximate surface area is 102 Å². The topological polar surface area (TPSA) is 341 Å². The van der Waals surface area contributed by atoms with Crippen LogP contribution in [0.3, 0.4) is 0 Å². The molecule has 0 aliphatic carbocycles. The molecule has 0 amide bonds. The van der Waals surface area contributed by atoms with Gasteiger partial charge in [0.1, 0.15) is 0 Å². The third-order valence-corrected chi connectivity index (χ3v) is 0. The quantitative estimate of drug-likeness (QED) is 0.402. The minimum atomic E-state index is -3.13. The molecule has 0 heterocycles. The van der Waals surface area contributed by atoms with Gasteiger partial charge in [-0.3, -0.25) is 4.46 Å². The molecule has 0 aliphatic heterocycles. The van der Waals surface area contributed by atoms with E-state index in [1.165, 1.54) is 0 Å². The number of hydrogen-bond donors (Lipinski definition) is 2. The zero-order valence-corrected chi connectivity index (χ0v) is 7.30. The van der Waals surface area contributed by atoms with Crippen molar-refractivity contribution in [3.63, 3.8) is 0 Å². The molecular formula is H21NaO12Si. The van der Waals surface area contributed by atoms with Gasteiger partial charge in [0.05, 0.1) is 0 Å². The summed E-state index contributed by atoms with van der Waals surface area (Å²) in [4.78, 5) is 14.3. The summed E-state index contributed by atoms with van der Waals surface area (Å²) in [6.07, 6.45) is 0. The molecule has 98 valence electrons. The molecule has 0 aliphatic rings. The van der Waals surface area contributed by atoms with Crippen molar-refractivity contribution in [1.29, 1.82) is 0 Å². The number of rotatable bonds is 0. The van der Waals surface area contributed by atoms with Crippen LogP contribution >= 0.6 is 0 Å². The van der Waals surface area contributed by atoms with Gasteiger partial charge in [0.2, 0.25) is 0 Å². The Balaban J connectivity index is -0.000000001000. The van der Waals surface area contributed by atoms with E-state index >= 15 is 0 Å². The zero-order chi connectivity index (χ0) is 3.58.